The second kappa shape index (κ2) is 13.5. The summed E-state index contributed by atoms with van der Waals surface area (Å²) in [6.45, 7) is 6.22. The van der Waals surface area contributed by atoms with E-state index in [1.54, 1.807) is 18.7 Å². The molecule has 2 unspecified atom stereocenters. The van der Waals surface area contributed by atoms with Gasteiger partial charge in [0.05, 0.1) is 6.61 Å². The molecule has 1 rings (SSSR count). The Morgan fingerprint density at radius 1 is 1.00 bits per heavy atom. The minimum absolute atomic E-state index is 0.196. The van der Waals surface area contributed by atoms with Gasteiger partial charge in [0.1, 0.15) is 5.25 Å². The Balaban J connectivity index is 2.77. The average molecular weight is 419 g/mol. The van der Waals surface area contributed by atoms with Gasteiger partial charge in [0.15, 0.2) is 0 Å². The van der Waals surface area contributed by atoms with E-state index in [2.05, 4.69) is 13.8 Å². The fraction of sp³-hybridized carbons (Fsp3) is 0.850. The molecule has 1 saturated heterocycles. The molecule has 5 nitrogen and oxygen atoms in total. The van der Waals surface area contributed by atoms with Gasteiger partial charge in [-0.25, -0.2) is 9.59 Å². The van der Waals surface area contributed by atoms with Gasteiger partial charge in [0.2, 0.25) is 5.60 Å². The van der Waals surface area contributed by atoms with Gasteiger partial charge in [-0.15, -0.1) is 11.8 Å². The molecule has 0 aromatic rings. The third-order valence-electron chi connectivity index (χ3n) is 4.50. The minimum atomic E-state index is -1.48. The van der Waals surface area contributed by atoms with Crippen LogP contribution in [0, 0.1) is 0 Å². The number of hydrogen-bond donors (Lipinski definition) is 0. The monoisotopic (exact) mass is 418 g/mol. The van der Waals surface area contributed by atoms with Crippen LogP contribution in [-0.2, 0) is 23.9 Å². The number of rotatable bonds is 15. The number of carbonyl (C=O) groups is 3. The summed E-state index contributed by atoms with van der Waals surface area (Å²) in [5.41, 5.74) is -1.48. The van der Waals surface area contributed by atoms with Crippen molar-refractivity contribution >= 4 is 41.2 Å². The Hall–Kier alpha value is -0.690. The number of ether oxygens (including phenoxy) is 2. The smallest absolute Gasteiger partial charge is 0.377 e. The normalized spacial score (nSPS) is 22.1. The molecule has 0 N–H and O–H groups in total. The summed E-state index contributed by atoms with van der Waals surface area (Å²) in [7, 11) is 0. The molecule has 2 atom stereocenters. The first-order valence-electron chi connectivity index (χ1n) is 10.2. The molecule has 1 fully saturated rings. The first kappa shape index (κ1) is 24.3. The molecule has 0 saturated carbocycles. The fourth-order valence-electron chi connectivity index (χ4n) is 2.95. The highest BCUT2D eigenvalue weighted by Gasteiger charge is 2.61. The third-order valence-corrected chi connectivity index (χ3v) is 7.16. The number of thioether (sulfide) groups is 2. The van der Waals surface area contributed by atoms with E-state index >= 15 is 0 Å². The van der Waals surface area contributed by atoms with E-state index in [9.17, 15) is 14.4 Å². The summed E-state index contributed by atoms with van der Waals surface area (Å²) in [6, 6.07) is 0. The van der Waals surface area contributed by atoms with Crippen LogP contribution in [0.2, 0.25) is 0 Å². The zero-order valence-corrected chi connectivity index (χ0v) is 18.6. The lowest BCUT2D eigenvalue weighted by Gasteiger charge is -2.29. The van der Waals surface area contributed by atoms with Crippen molar-refractivity contribution in [3.63, 3.8) is 0 Å². The molecule has 27 heavy (non-hydrogen) atoms. The van der Waals surface area contributed by atoms with Crippen LogP contribution in [0.15, 0.2) is 0 Å². The molecule has 0 aromatic heterocycles. The van der Waals surface area contributed by atoms with Gasteiger partial charge in [-0.05, 0) is 31.3 Å². The molecule has 1 aliphatic rings. The topological polar surface area (TPSA) is 69.7 Å². The number of Topliss-reactive ketones (excluding diaryl/α,β-unsaturated/α-hetero) is 1. The molecular formula is C20H34O5S2. The lowest BCUT2D eigenvalue weighted by Crippen LogP contribution is -2.51. The van der Waals surface area contributed by atoms with Crippen LogP contribution < -0.4 is 0 Å². The average Bonchev–Trinajstić information content (AvgIpc) is 2.90. The van der Waals surface area contributed by atoms with E-state index in [0.29, 0.717) is 0 Å². The van der Waals surface area contributed by atoms with Gasteiger partial charge in [0.25, 0.3) is 5.78 Å². The van der Waals surface area contributed by atoms with Gasteiger partial charge in [-0.3, -0.25) is 4.79 Å². The van der Waals surface area contributed by atoms with Crippen LogP contribution in [0.1, 0.15) is 72.1 Å². The summed E-state index contributed by atoms with van der Waals surface area (Å²) in [5, 5.41) is -0.797. The maximum absolute atomic E-state index is 12.7. The van der Waals surface area contributed by atoms with E-state index in [-0.39, 0.29) is 12.4 Å². The number of ketones is 1. The number of hydrogen-bond acceptors (Lipinski definition) is 7. The van der Waals surface area contributed by atoms with E-state index < -0.39 is 28.6 Å². The van der Waals surface area contributed by atoms with Crippen molar-refractivity contribution in [2.45, 2.75) is 83.0 Å². The summed E-state index contributed by atoms with van der Waals surface area (Å²) in [4.78, 5) is 37.1. The standard InChI is InChI=1S/C20H34O5S2/c1-4-7-9-11-13-26-15-20(19(23)24-6-3)17(16(21)18(22)25-20)27-14-12-10-8-5-2/h17H,4-15H2,1-3H3. The Labute approximate surface area is 172 Å². The molecule has 0 bridgehead atoms. The zero-order chi connectivity index (χ0) is 20.1. The molecular weight excluding hydrogens is 384 g/mol. The van der Waals surface area contributed by atoms with Gasteiger partial charge in [-0.1, -0.05) is 52.4 Å². The van der Waals surface area contributed by atoms with Crippen LogP contribution in [0.5, 0.6) is 0 Å². The highest BCUT2D eigenvalue weighted by molar-refractivity contribution is 8.01. The summed E-state index contributed by atoms with van der Waals surface area (Å²) < 4.78 is 10.6. The van der Waals surface area contributed by atoms with Gasteiger partial charge in [-0.2, -0.15) is 11.8 Å². The quantitative estimate of drug-likeness (QED) is 0.222. The Kier molecular flexibility index (Phi) is 12.2. The fourth-order valence-corrected chi connectivity index (χ4v) is 5.60. The third kappa shape index (κ3) is 7.33. The molecule has 0 spiro atoms. The molecule has 0 radical (unpaired) electrons. The van der Waals surface area contributed by atoms with Gasteiger partial charge < -0.3 is 9.47 Å². The lowest BCUT2D eigenvalue weighted by molar-refractivity contribution is -0.171. The number of cyclic esters (lactones) is 1. The zero-order valence-electron chi connectivity index (χ0n) is 16.9. The first-order chi connectivity index (χ1) is 13.0. The Bertz CT molecular complexity index is 483. The van der Waals surface area contributed by atoms with Crippen LogP contribution >= 0.6 is 23.5 Å². The lowest BCUT2D eigenvalue weighted by atomic mass is 10.0. The highest BCUT2D eigenvalue weighted by Crippen LogP contribution is 2.38. The van der Waals surface area contributed by atoms with Crippen LogP contribution in [-0.4, -0.2) is 52.4 Å². The van der Waals surface area contributed by atoms with Crippen molar-refractivity contribution in [1.29, 1.82) is 0 Å². The predicted molar refractivity (Wildman–Crippen MR) is 112 cm³/mol. The number of esters is 2. The van der Waals surface area contributed by atoms with Crippen molar-refractivity contribution in [2.75, 3.05) is 23.9 Å². The van der Waals surface area contributed by atoms with Crippen molar-refractivity contribution in [1.82, 2.24) is 0 Å². The molecule has 1 aliphatic heterocycles. The van der Waals surface area contributed by atoms with E-state index in [4.69, 9.17) is 9.47 Å². The minimum Gasteiger partial charge on any atom is -0.463 e. The highest BCUT2D eigenvalue weighted by atomic mass is 32.2. The van der Waals surface area contributed by atoms with E-state index in [1.807, 2.05) is 0 Å². The number of unbranched alkanes of at least 4 members (excludes halogenated alkanes) is 6. The molecule has 0 aliphatic carbocycles. The Morgan fingerprint density at radius 2 is 1.63 bits per heavy atom. The maximum atomic E-state index is 12.7. The van der Waals surface area contributed by atoms with E-state index in [0.717, 1.165) is 50.0 Å². The SMILES string of the molecule is CCCCCCSCC1(C(=O)OCC)OC(=O)C(=O)C1SCCCCCC. The van der Waals surface area contributed by atoms with E-state index in [1.165, 1.54) is 24.6 Å². The van der Waals surface area contributed by atoms with Crippen molar-refractivity contribution in [3.8, 4) is 0 Å². The van der Waals surface area contributed by atoms with Crippen molar-refractivity contribution in [2.24, 2.45) is 0 Å². The molecule has 1 heterocycles. The van der Waals surface area contributed by atoms with Crippen molar-refractivity contribution in [3.05, 3.63) is 0 Å². The first-order valence-corrected chi connectivity index (χ1v) is 12.4. The summed E-state index contributed by atoms with van der Waals surface area (Å²) in [5.74, 6) is -0.203. The second-order valence-electron chi connectivity index (χ2n) is 6.79. The van der Waals surface area contributed by atoms with Crippen LogP contribution in [0.3, 0.4) is 0 Å². The molecule has 7 heteroatoms. The second-order valence-corrected chi connectivity index (χ2v) is 9.11. The maximum Gasteiger partial charge on any atom is 0.377 e. The summed E-state index contributed by atoms with van der Waals surface area (Å²) >= 11 is 2.94. The molecule has 0 aromatic carbocycles. The summed E-state index contributed by atoms with van der Waals surface area (Å²) in [6.07, 6.45) is 8.87. The van der Waals surface area contributed by atoms with Crippen molar-refractivity contribution < 1.29 is 23.9 Å². The largest absolute Gasteiger partial charge is 0.463 e. The Morgan fingerprint density at radius 3 is 2.22 bits per heavy atom. The number of carbonyl (C=O) groups excluding carboxylic acids is 3. The van der Waals surface area contributed by atoms with Crippen LogP contribution in [0.4, 0.5) is 0 Å². The van der Waals surface area contributed by atoms with Crippen LogP contribution in [0.25, 0.3) is 0 Å². The van der Waals surface area contributed by atoms with Gasteiger partial charge in [0, 0.05) is 5.75 Å². The predicted octanol–water partition coefficient (Wildman–Crippen LogP) is 4.41. The van der Waals surface area contributed by atoms with Gasteiger partial charge >= 0.3 is 11.9 Å². The molecule has 0 amide bonds. The molecule has 156 valence electrons.